The zero-order chi connectivity index (χ0) is 30.2. The van der Waals surface area contributed by atoms with Crippen molar-refractivity contribution in [3.63, 3.8) is 0 Å². The van der Waals surface area contributed by atoms with Crippen LogP contribution in [0.3, 0.4) is 0 Å². The van der Waals surface area contributed by atoms with Crippen molar-refractivity contribution in [3.05, 3.63) is 158 Å². The predicted molar refractivity (Wildman–Crippen MR) is 196 cm³/mol. The number of anilines is 3. The van der Waals surface area contributed by atoms with Gasteiger partial charge >= 0.3 is 0 Å². The van der Waals surface area contributed by atoms with Crippen molar-refractivity contribution in [2.24, 2.45) is 0 Å². The first-order valence-corrected chi connectivity index (χ1v) is 16.3. The molecule has 0 saturated carbocycles. The van der Waals surface area contributed by atoms with Gasteiger partial charge in [-0.25, -0.2) is 0 Å². The Hall–Kier alpha value is -5.84. The molecule has 0 aliphatic heterocycles. The quantitative estimate of drug-likeness (QED) is 0.199. The molecule has 0 bridgehead atoms. The molecule has 0 unspecified atom stereocenters. The molecule has 4 heteroatoms. The van der Waals surface area contributed by atoms with E-state index in [0.29, 0.717) is 0 Å². The van der Waals surface area contributed by atoms with E-state index in [0.717, 1.165) is 44.7 Å². The topological polar surface area (TPSA) is 21.3 Å². The summed E-state index contributed by atoms with van der Waals surface area (Å²) in [6.45, 7) is 0. The number of hydrogen-bond donors (Lipinski definition) is 0. The number of para-hydroxylation sites is 3. The summed E-state index contributed by atoms with van der Waals surface area (Å²) in [4.78, 5) is 2.44. The Balaban J connectivity index is 1.33. The van der Waals surface area contributed by atoms with E-state index < -0.39 is 0 Å². The van der Waals surface area contributed by atoms with Gasteiger partial charge in [0.25, 0.3) is 0 Å². The van der Waals surface area contributed by atoms with Crippen LogP contribution in [-0.2, 0) is 0 Å². The van der Waals surface area contributed by atoms with Crippen molar-refractivity contribution in [1.82, 2.24) is 4.57 Å². The lowest BCUT2D eigenvalue weighted by Gasteiger charge is -2.27. The fraction of sp³-hybridized carbons (Fsp3) is 0. The Morgan fingerprint density at radius 1 is 0.478 bits per heavy atom. The number of aromatic nitrogens is 1. The molecule has 0 fully saturated rings. The summed E-state index contributed by atoms with van der Waals surface area (Å²) >= 11 is 1.85. The van der Waals surface area contributed by atoms with E-state index in [-0.39, 0.29) is 0 Å². The van der Waals surface area contributed by atoms with Crippen molar-refractivity contribution in [2.45, 2.75) is 0 Å². The summed E-state index contributed by atoms with van der Waals surface area (Å²) in [6, 6.07) is 56.5. The second-order valence-electron chi connectivity index (χ2n) is 11.7. The average molecular weight is 607 g/mol. The van der Waals surface area contributed by atoms with Gasteiger partial charge in [0, 0.05) is 43.0 Å². The fourth-order valence-corrected chi connectivity index (χ4v) is 8.42. The largest absolute Gasteiger partial charge is 0.456 e. The molecule has 0 amide bonds. The van der Waals surface area contributed by atoms with Crippen LogP contribution in [0.4, 0.5) is 17.1 Å². The Kier molecular flexibility index (Phi) is 5.45. The van der Waals surface area contributed by atoms with E-state index in [4.69, 9.17) is 4.42 Å². The van der Waals surface area contributed by atoms with Gasteiger partial charge in [-0.3, -0.25) is 0 Å². The summed E-state index contributed by atoms with van der Waals surface area (Å²) in [7, 11) is 0. The molecule has 0 N–H and O–H groups in total. The van der Waals surface area contributed by atoms with Crippen LogP contribution in [0, 0.1) is 0 Å². The van der Waals surface area contributed by atoms with E-state index in [1.807, 2.05) is 17.4 Å². The highest BCUT2D eigenvalue weighted by Crippen LogP contribution is 2.48. The van der Waals surface area contributed by atoms with Gasteiger partial charge in [-0.2, -0.15) is 0 Å². The van der Waals surface area contributed by atoms with Gasteiger partial charge in [-0.05, 0) is 60.7 Å². The van der Waals surface area contributed by atoms with Gasteiger partial charge < -0.3 is 13.9 Å². The van der Waals surface area contributed by atoms with Crippen molar-refractivity contribution in [2.75, 3.05) is 4.90 Å². The van der Waals surface area contributed by atoms with E-state index >= 15 is 0 Å². The van der Waals surface area contributed by atoms with Crippen LogP contribution in [0.5, 0.6) is 0 Å². The molecule has 216 valence electrons. The lowest BCUT2D eigenvalue weighted by Crippen LogP contribution is -2.10. The molecule has 3 aromatic heterocycles. The highest BCUT2D eigenvalue weighted by atomic mass is 32.1. The van der Waals surface area contributed by atoms with Gasteiger partial charge in [0.15, 0.2) is 0 Å². The maximum atomic E-state index is 6.41. The van der Waals surface area contributed by atoms with Gasteiger partial charge in [0.05, 0.1) is 32.5 Å². The molecular formula is C42H26N2OS. The Bertz CT molecular complexity index is 2770. The molecule has 46 heavy (non-hydrogen) atoms. The van der Waals surface area contributed by atoms with E-state index in [9.17, 15) is 0 Å². The third kappa shape index (κ3) is 3.65. The monoisotopic (exact) mass is 606 g/mol. The first kappa shape index (κ1) is 25.5. The van der Waals surface area contributed by atoms with E-state index in [1.54, 1.807) is 0 Å². The number of fused-ring (bicyclic) bond motifs is 9. The smallest absolute Gasteiger partial charge is 0.137 e. The molecule has 7 aromatic carbocycles. The summed E-state index contributed by atoms with van der Waals surface area (Å²) < 4.78 is 11.3. The highest BCUT2D eigenvalue weighted by Gasteiger charge is 2.23. The minimum Gasteiger partial charge on any atom is -0.456 e. The fourth-order valence-electron chi connectivity index (χ4n) is 7.21. The number of hydrogen-bond acceptors (Lipinski definition) is 3. The minimum atomic E-state index is 0.881. The van der Waals surface area contributed by atoms with Gasteiger partial charge in [-0.1, -0.05) is 97.1 Å². The molecular weight excluding hydrogens is 581 g/mol. The van der Waals surface area contributed by atoms with Crippen LogP contribution in [-0.4, -0.2) is 4.57 Å². The molecule has 10 aromatic rings. The highest BCUT2D eigenvalue weighted by molar-refractivity contribution is 7.26. The summed E-state index contributed by atoms with van der Waals surface area (Å²) in [5.41, 5.74) is 8.62. The molecule has 0 saturated heterocycles. The number of rotatable bonds is 4. The zero-order valence-electron chi connectivity index (χ0n) is 24.7. The number of nitrogens with zero attached hydrogens (tertiary/aromatic N) is 2. The molecule has 0 atom stereocenters. The standard InChI is InChI=1S/C42H26N2OS/c1-2-12-27(13-3-1)43-34-18-7-4-14-29(34)30-25-24-28(26-37(30)43)44(35-19-11-22-39-41(35)33-16-5-8-21-38(33)45-39)36-20-10-17-32-31-15-6-9-23-40(31)46-42(32)36/h1-26H. The predicted octanol–water partition coefficient (Wildman–Crippen LogP) is 12.5. The molecule has 0 aliphatic carbocycles. The maximum absolute atomic E-state index is 6.41. The molecule has 3 nitrogen and oxygen atoms in total. The van der Waals surface area contributed by atoms with Crippen LogP contribution < -0.4 is 4.90 Å². The van der Waals surface area contributed by atoms with E-state index in [1.165, 1.54) is 42.0 Å². The Morgan fingerprint density at radius 3 is 2.07 bits per heavy atom. The van der Waals surface area contributed by atoms with Gasteiger partial charge in [0.2, 0.25) is 0 Å². The van der Waals surface area contributed by atoms with Crippen molar-refractivity contribution in [1.29, 1.82) is 0 Å². The van der Waals surface area contributed by atoms with Gasteiger partial charge in [0.1, 0.15) is 11.2 Å². The normalized spacial score (nSPS) is 11.9. The van der Waals surface area contributed by atoms with Crippen LogP contribution in [0.1, 0.15) is 0 Å². The number of thiophene rings is 1. The van der Waals surface area contributed by atoms with Crippen molar-refractivity contribution in [3.8, 4) is 5.69 Å². The van der Waals surface area contributed by atoms with Crippen molar-refractivity contribution < 1.29 is 4.42 Å². The summed E-state index contributed by atoms with van der Waals surface area (Å²) in [6.07, 6.45) is 0. The number of furan rings is 1. The second-order valence-corrected chi connectivity index (χ2v) is 12.8. The third-order valence-electron chi connectivity index (χ3n) is 9.18. The average Bonchev–Trinajstić information content (AvgIpc) is 3.79. The zero-order valence-corrected chi connectivity index (χ0v) is 25.5. The first-order chi connectivity index (χ1) is 22.8. The first-order valence-electron chi connectivity index (χ1n) is 15.5. The van der Waals surface area contributed by atoms with Gasteiger partial charge in [-0.15, -0.1) is 11.3 Å². The summed E-state index contributed by atoms with van der Waals surface area (Å²) in [5, 5.41) is 7.26. The van der Waals surface area contributed by atoms with Crippen LogP contribution >= 0.6 is 11.3 Å². The molecule has 0 aliphatic rings. The van der Waals surface area contributed by atoms with E-state index in [2.05, 4.69) is 161 Å². The van der Waals surface area contributed by atoms with Crippen LogP contribution in [0.2, 0.25) is 0 Å². The molecule has 10 rings (SSSR count). The van der Waals surface area contributed by atoms with Crippen LogP contribution in [0.25, 0.3) is 69.6 Å². The lowest BCUT2D eigenvalue weighted by molar-refractivity contribution is 0.669. The second kappa shape index (κ2) is 9.83. The molecule has 0 radical (unpaired) electrons. The Labute approximate surface area is 268 Å². The summed E-state index contributed by atoms with van der Waals surface area (Å²) in [5.74, 6) is 0. The Morgan fingerprint density at radius 2 is 1.15 bits per heavy atom. The molecule has 3 heterocycles. The lowest BCUT2D eigenvalue weighted by atomic mass is 10.1. The number of benzene rings is 7. The van der Waals surface area contributed by atoms with Crippen LogP contribution in [0.15, 0.2) is 162 Å². The third-order valence-corrected chi connectivity index (χ3v) is 10.4. The molecule has 0 spiro atoms. The van der Waals surface area contributed by atoms with Crippen molar-refractivity contribution >= 4 is 92.3 Å². The SMILES string of the molecule is c1ccc(-n2c3ccccc3c3ccc(N(c4cccc5c4sc4ccccc45)c4cccc5oc6ccccc6c45)cc32)cc1. The minimum absolute atomic E-state index is 0.881. The maximum Gasteiger partial charge on any atom is 0.137 e.